The molecule has 21 heavy (non-hydrogen) atoms. The molecule has 0 aromatic heterocycles. The fourth-order valence-electron chi connectivity index (χ4n) is 3.17. The van der Waals surface area contributed by atoms with Crippen molar-refractivity contribution in [2.45, 2.75) is 51.1 Å². The van der Waals surface area contributed by atoms with Crippen LogP contribution < -0.4 is 0 Å². The minimum Gasteiger partial charge on any atom is -0.481 e. The number of likely N-dealkylation sites (tertiary alicyclic amines) is 1. The summed E-state index contributed by atoms with van der Waals surface area (Å²) in [7, 11) is 1.84. The largest absolute Gasteiger partial charge is 0.481 e. The van der Waals surface area contributed by atoms with E-state index in [2.05, 4.69) is 11.8 Å². The van der Waals surface area contributed by atoms with Crippen LogP contribution in [0.15, 0.2) is 0 Å². The first-order valence-electron chi connectivity index (χ1n) is 8.00. The highest BCUT2D eigenvalue weighted by Crippen LogP contribution is 2.28. The summed E-state index contributed by atoms with van der Waals surface area (Å²) in [5.74, 6) is -0.843. The first-order chi connectivity index (χ1) is 10.0. The SMILES string of the molecule is CCN1CCCC1CN(C)C(=O)N(CCC(=O)O)C1CC1. The molecule has 6 nitrogen and oxygen atoms in total. The van der Waals surface area contributed by atoms with E-state index in [1.54, 1.807) is 9.80 Å². The molecule has 2 fully saturated rings. The van der Waals surface area contributed by atoms with E-state index in [-0.39, 0.29) is 18.5 Å². The predicted molar refractivity (Wildman–Crippen MR) is 80.3 cm³/mol. The monoisotopic (exact) mass is 297 g/mol. The summed E-state index contributed by atoms with van der Waals surface area (Å²) in [4.78, 5) is 29.2. The van der Waals surface area contributed by atoms with Crippen LogP contribution in [-0.4, -0.2) is 77.1 Å². The normalized spacial score (nSPS) is 22.3. The van der Waals surface area contributed by atoms with E-state index in [4.69, 9.17) is 5.11 Å². The summed E-state index contributed by atoms with van der Waals surface area (Å²) in [5.41, 5.74) is 0. The molecule has 0 spiro atoms. The second kappa shape index (κ2) is 7.11. The zero-order valence-corrected chi connectivity index (χ0v) is 13.1. The molecule has 2 amide bonds. The molecular formula is C15H27N3O3. The molecule has 1 N–H and O–H groups in total. The Morgan fingerprint density at radius 3 is 2.57 bits per heavy atom. The van der Waals surface area contributed by atoms with Crippen LogP contribution in [0.2, 0.25) is 0 Å². The zero-order valence-electron chi connectivity index (χ0n) is 13.1. The number of amides is 2. The van der Waals surface area contributed by atoms with Crippen molar-refractivity contribution in [2.24, 2.45) is 0 Å². The average Bonchev–Trinajstić information content (AvgIpc) is 3.18. The van der Waals surface area contributed by atoms with E-state index >= 15 is 0 Å². The van der Waals surface area contributed by atoms with Gasteiger partial charge in [0, 0.05) is 32.2 Å². The van der Waals surface area contributed by atoms with Crippen molar-refractivity contribution in [3.05, 3.63) is 0 Å². The summed E-state index contributed by atoms with van der Waals surface area (Å²) < 4.78 is 0. The number of urea groups is 1. The van der Waals surface area contributed by atoms with Crippen molar-refractivity contribution in [1.82, 2.24) is 14.7 Å². The first kappa shape index (κ1) is 16.1. The fraction of sp³-hybridized carbons (Fsp3) is 0.867. The Labute approximate surface area is 126 Å². The van der Waals surface area contributed by atoms with Gasteiger partial charge in [-0.1, -0.05) is 6.92 Å². The maximum atomic E-state index is 12.6. The summed E-state index contributed by atoms with van der Waals surface area (Å²) in [6.07, 6.45) is 4.38. The van der Waals surface area contributed by atoms with Crippen LogP contribution in [0.1, 0.15) is 39.0 Å². The molecule has 0 aromatic rings. The van der Waals surface area contributed by atoms with Gasteiger partial charge in [0.1, 0.15) is 0 Å². The van der Waals surface area contributed by atoms with Gasteiger partial charge >= 0.3 is 12.0 Å². The molecule has 2 aliphatic rings. The number of aliphatic carboxylic acids is 1. The molecule has 1 heterocycles. The Kier molecular flexibility index (Phi) is 5.45. The van der Waals surface area contributed by atoms with Crippen molar-refractivity contribution >= 4 is 12.0 Å². The van der Waals surface area contributed by atoms with Gasteiger partial charge in [-0.25, -0.2) is 4.79 Å². The minimum absolute atomic E-state index is 0.0123. The molecule has 1 saturated carbocycles. The zero-order chi connectivity index (χ0) is 15.4. The van der Waals surface area contributed by atoms with Crippen molar-refractivity contribution in [3.63, 3.8) is 0 Å². The second-order valence-electron chi connectivity index (χ2n) is 6.16. The lowest BCUT2D eigenvalue weighted by molar-refractivity contribution is -0.137. The van der Waals surface area contributed by atoms with Crippen LogP contribution in [0.3, 0.4) is 0 Å². The molecule has 1 aliphatic heterocycles. The van der Waals surface area contributed by atoms with Crippen molar-refractivity contribution in [2.75, 3.05) is 33.2 Å². The third kappa shape index (κ3) is 4.33. The number of nitrogens with zero attached hydrogens (tertiary/aromatic N) is 3. The average molecular weight is 297 g/mol. The van der Waals surface area contributed by atoms with Gasteiger partial charge in [0.25, 0.3) is 0 Å². The molecule has 120 valence electrons. The standard InChI is InChI=1S/C15H27N3O3/c1-3-17-9-4-5-13(17)11-16(2)15(21)18(12-6-7-12)10-8-14(19)20/h12-13H,3-11H2,1-2H3,(H,19,20). The third-order valence-corrected chi connectivity index (χ3v) is 4.52. The van der Waals surface area contributed by atoms with Crippen molar-refractivity contribution < 1.29 is 14.7 Å². The van der Waals surface area contributed by atoms with Gasteiger partial charge < -0.3 is 14.9 Å². The molecule has 1 aliphatic carbocycles. The van der Waals surface area contributed by atoms with E-state index in [1.807, 2.05) is 7.05 Å². The van der Waals surface area contributed by atoms with E-state index in [1.165, 1.54) is 6.42 Å². The maximum absolute atomic E-state index is 12.6. The van der Waals surface area contributed by atoms with Gasteiger partial charge in [-0.15, -0.1) is 0 Å². The van der Waals surface area contributed by atoms with Gasteiger partial charge in [0.05, 0.1) is 6.42 Å². The molecular weight excluding hydrogens is 270 g/mol. The van der Waals surface area contributed by atoms with Crippen molar-refractivity contribution in [3.8, 4) is 0 Å². The number of hydrogen-bond acceptors (Lipinski definition) is 3. The Morgan fingerprint density at radius 2 is 2.00 bits per heavy atom. The quantitative estimate of drug-likeness (QED) is 0.773. The summed E-state index contributed by atoms with van der Waals surface area (Å²) >= 11 is 0. The van der Waals surface area contributed by atoms with Gasteiger partial charge in [-0.3, -0.25) is 9.69 Å². The molecule has 0 aromatic carbocycles. The van der Waals surface area contributed by atoms with E-state index in [0.29, 0.717) is 12.6 Å². The predicted octanol–water partition coefficient (Wildman–Crippen LogP) is 1.46. The van der Waals surface area contributed by atoms with Crippen LogP contribution >= 0.6 is 0 Å². The topological polar surface area (TPSA) is 64.1 Å². The van der Waals surface area contributed by atoms with Gasteiger partial charge in [-0.05, 0) is 38.8 Å². The lowest BCUT2D eigenvalue weighted by Gasteiger charge is -2.32. The van der Waals surface area contributed by atoms with Gasteiger partial charge in [0.2, 0.25) is 0 Å². The molecule has 6 heteroatoms. The van der Waals surface area contributed by atoms with E-state index < -0.39 is 5.97 Å². The number of carbonyl (C=O) groups is 2. The van der Waals surface area contributed by atoms with Crippen LogP contribution in [0.4, 0.5) is 4.79 Å². The molecule has 1 saturated heterocycles. The number of rotatable bonds is 7. The number of carbonyl (C=O) groups excluding carboxylic acids is 1. The third-order valence-electron chi connectivity index (χ3n) is 4.52. The van der Waals surface area contributed by atoms with Crippen LogP contribution in [-0.2, 0) is 4.79 Å². The lowest BCUT2D eigenvalue weighted by atomic mass is 10.2. The van der Waals surface area contributed by atoms with Crippen LogP contribution in [0.25, 0.3) is 0 Å². The van der Waals surface area contributed by atoms with Crippen LogP contribution in [0, 0.1) is 0 Å². The Hall–Kier alpha value is -1.30. The first-order valence-corrected chi connectivity index (χ1v) is 8.00. The Morgan fingerprint density at radius 1 is 1.29 bits per heavy atom. The number of likely N-dealkylation sites (N-methyl/N-ethyl adjacent to an activating group) is 2. The van der Waals surface area contributed by atoms with Gasteiger partial charge in [0.15, 0.2) is 0 Å². The van der Waals surface area contributed by atoms with Crippen molar-refractivity contribution in [1.29, 1.82) is 0 Å². The molecule has 1 unspecified atom stereocenters. The summed E-state index contributed by atoms with van der Waals surface area (Å²) in [5, 5.41) is 8.82. The Bertz CT molecular complexity index is 384. The number of carboxylic acid groups (broad SMARTS) is 1. The van der Waals surface area contributed by atoms with Gasteiger partial charge in [-0.2, -0.15) is 0 Å². The highest BCUT2D eigenvalue weighted by Gasteiger charge is 2.35. The van der Waals surface area contributed by atoms with E-state index in [0.717, 1.165) is 38.9 Å². The molecule has 0 bridgehead atoms. The number of hydrogen-bond donors (Lipinski definition) is 1. The minimum atomic E-state index is -0.843. The van der Waals surface area contributed by atoms with E-state index in [9.17, 15) is 9.59 Å². The number of carboxylic acids is 1. The second-order valence-corrected chi connectivity index (χ2v) is 6.16. The highest BCUT2D eigenvalue weighted by molar-refractivity contribution is 5.76. The molecule has 2 rings (SSSR count). The summed E-state index contributed by atoms with van der Waals surface area (Å²) in [6.45, 7) is 5.37. The fourth-order valence-corrected chi connectivity index (χ4v) is 3.17. The smallest absolute Gasteiger partial charge is 0.320 e. The van der Waals surface area contributed by atoms with Crippen LogP contribution in [0.5, 0.6) is 0 Å². The summed E-state index contributed by atoms with van der Waals surface area (Å²) in [6, 6.07) is 0.691. The highest BCUT2D eigenvalue weighted by atomic mass is 16.4. The molecule has 1 atom stereocenters. The maximum Gasteiger partial charge on any atom is 0.320 e. The lowest BCUT2D eigenvalue weighted by Crippen LogP contribution is -2.48. The molecule has 0 radical (unpaired) electrons. The Balaban J connectivity index is 1.88.